The number of aliphatic hydroxyl groups excluding tert-OH is 2. The normalized spacial score (nSPS) is 26.1. The van der Waals surface area contributed by atoms with Gasteiger partial charge in [-0.2, -0.15) is 13.2 Å². The summed E-state index contributed by atoms with van der Waals surface area (Å²) in [5, 5.41) is 21.0. The molecule has 0 aromatic carbocycles. The summed E-state index contributed by atoms with van der Waals surface area (Å²) in [5.41, 5.74) is -0.0725. The first kappa shape index (κ1) is 20.3. The van der Waals surface area contributed by atoms with E-state index < -0.39 is 55.5 Å². The Morgan fingerprint density at radius 2 is 2.19 bits per heavy atom. The van der Waals surface area contributed by atoms with Crippen LogP contribution in [-0.4, -0.2) is 69.9 Å². The molecule has 1 aliphatic rings. The third-order valence-electron chi connectivity index (χ3n) is 3.66. The predicted molar refractivity (Wildman–Crippen MR) is 79.0 cm³/mol. The van der Waals surface area contributed by atoms with E-state index in [1.165, 1.54) is 12.4 Å². The molecule has 2 rings (SSSR count). The number of hydrogen-bond acceptors (Lipinski definition) is 7. The average Bonchev–Trinajstić information content (AvgIpc) is 2.88. The van der Waals surface area contributed by atoms with E-state index in [-0.39, 0.29) is 6.61 Å². The highest BCUT2D eigenvalue weighted by Crippen LogP contribution is 2.30. The number of aromatic nitrogens is 2. The second-order valence-corrected chi connectivity index (χ2v) is 5.65. The summed E-state index contributed by atoms with van der Waals surface area (Å²) in [7, 11) is 0. The number of halogens is 3. The zero-order chi connectivity index (χ0) is 19.5. The highest BCUT2D eigenvalue weighted by atomic mass is 19.4. The quantitative estimate of drug-likeness (QED) is 0.533. The van der Waals surface area contributed by atoms with E-state index in [1.807, 2.05) is 0 Å². The zero-order valence-electron chi connectivity index (χ0n) is 13.6. The van der Waals surface area contributed by atoms with E-state index in [4.69, 9.17) is 9.47 Å². The lowest BCUT2D eigenvalue weighted by atomic mass is 10.1. The highest BCUT2D eigenvalue weighted by molar-refractivity contribution is 5.81. The molecule has 0 aliphatic carbocycles. The van der Waals surface area contributed by atoms with E-state index in [9.17, 15) is 33.0 Å². The number of carbonyl (C=O) groups is 1. The summed E-state index contributed by atoms with van der Waals surface area (Å²) in [5.74, 6) is -2.12. The van der Waals surface area contributed by atoms with Crippen LogP contribution in [0.5, 0.6) is 0 Å². The molecule has 0 saturated carbocycles. The van der Waals surface area contributed by atoms with Gasteiger partial charge in [0.2, 0.25) is 0 Å². The van der Waals surface area contributed by atoms with Crippen molar-refractivity contribution in [2.45, 2.75) is 37.6 Å². The smallest absolute Gasteiger partial charge is 0.394 e. The number of nitrogens with zero attached hydrogens (tertiary/aromatic N) is 2. The monoisotopic (exact) mass is 381 g/mol. The van der Waals surface area contributed by atoms with Gasteiger partial charge in [0.15, 0.2) is 6.23 Å². The van der Waals surface area contributed by atoms with Crippen molar-refractivity contribution in [2.75, 3.05) is 19.8 Å². The molecule has 3 N–H and O–H groups in total. The lowest BCUT2D eigenvalue weighted by Gasteiger charge is -2.22. The molecule has 1 amide bonds. The van der Waals surface area contributed by atoms with Crippen LogP contribution in [0.1, 0.15) is 11.8 Å². The summed E-state index contributed by atoms with van der Waals surface area (Å²) < 4.78 is 48.1. The Balaban J connectivity index is 2.06. The summed E-state index contributed by atoms with van der Waals surface area (Å²) in [4.78, 5) is 26.3. The van der Waals surface area contributed by atoms with Crippen molar-refractivity contribution in [3.63, 3.8) is 0 Å². The number of aliphatic hydroxyl groups is 2. The minimum absolute atomic E-state index is 0.379. The van der Waals surface area contributed by atoms with Gasteiger partial charge in [0, 0.05) is 18.9 Å². The number of ether oxygens (including phenoxy) is 2. The molecule has 1 aromatic heterocycles. The van der Waals surface area contributed by atoms with Crippen LogP contribution in [-0.2, 0) is 14.3 Å². The largest absolute Gasteiger partial charge is 0.471 e. The minimum Gasteiger partial charge on any atom is -0.394 e. The zero-order valence-corrected chi connectivity index (χ0v) is 13.6. The number of rotatable bonds is 6. The lowest BCUT2D eigenvalue weighted by molar-refractivity contribution is -0.174. The number of amides is 1. The van der Waals surface area contributed by atoms with Crippen molar-refractivity contribution < 1.29 is 37.7 Å². The number of nitrogens with one attached hydrogen (secondary N) is 1. The van der Waals surface area contributed by atoms with Crippen LogP contribution in [0, 0.1) is 6.92 Å². The number of carbonyl (C=O) groups excluding carboxylic acids is 1. The SMILES string of the molecule is Cc1cnc(=O)n([C@@H]2O[C@H](CO)[C@@H](O)[C@H]2OCCNC(=O)C(F)(F)F)c1. The van der Waals surface area contributed by atoms with Crippen LogP contribution >= 0.6 is 0 Å². The van der Waals surface area contributed by atoms with Crippen LogP contribution in [0.25, 0.3) is 0 Å². The van der Waals surface area contributed by atoms with Gasteiger partial charge in [-0.05, 0) is 12.5 Å². The van der Waals surface area contributed by atoms with Gasteiger partial charge < -0.3 is 25.0 Å². The van der Waals surface area contributed by atoms with Crippen molar-refractivity contribution in [1.29, 1.82) is 0 Å². The van der Waals surface area contributed by atoms with Gasteiger partial charge in [-0.3, -0.25) is 9.36 Å². The van der Waals surface area contributed by atoms with Crippen LogP contribution in [0.3, 0.4) is 0 Å². The number of alkyl halides is 3. The molecule has 1 saturated heterocycles. The summed E-state index contributed by atoms with van der Waals surface area (Å²) >= 11 is 0. The fourth-order valence-corrected chi connectivity index (χ4v) is 2.45. The standard InChI is InChI=1S/C14H18F3N3O6/c1-7-4-19-13(24)20(5-7)11-10(9(22)8(6-21)26-11)25-3-2-18-12(23)14(15,16)17/h4-5,8-11,21-22H,2-3,6H2,1H3,(H,18,23)/t8-,9-,10-,11-/m1/s1. The third kappa shape index (κ3) is 4.58. The lowest BCUT2D eigenvalue weighted by Crippen LogP contribution is -2.41. The van der Waals surface area contributed by atoms with Gasteiger partial charge in [-0.1, -0.05) is 0 Å². The molecular formula is C14H18F3N3O6. The van der Waals surface area contributed by atoms with Crippen LogP contribution in [0.2, 0.25) is 0 Å². The Labute approximate surface area is 145 Å². The molecule has 4 atom stereocenters. The van der Waals surface area contributed by atoms with Gasteiger partial charge >= 0.3 is 17.8 Å². The Bertz CT molecular complexity index is 695. The Kier molecular flexibility index (Phi) is 6.34. The molecule has 1 aliphatic heterocycles. The molecule has 12 heteroatoms. The van der Waals surface area contributed by atoms with Gasteiger partial charge in [0.1, 0.15) is 18.3 Å². The van der Waals surface area contributed by atoms with Crippen molar-refractivity contribution in [3.05, 3.63) is 28.4 Å². The number of hydrogen-bond donors (Lipinski definition) is 3. The fraction of sp³-hybridized carbons (Fsp3) is 0.643. The Morgan fingerprint density at radius 3 is 2.81 bits per heavy atom. The molecule has 1 aromatic rings. The number of aryl methyl sites for hydroxylation is 1. The summed E-state index contributed by atoms with van der Waals surface area (Å²) in [6.07, 6.45) is -6.96. The molecule has 0 unspecified atom stereocenters. The Morgan fingerprint density at radius 1 is 1.50 bits per heavy atom. The maximum atomic E-state index is 12.1. The van der Waals surface area contributed by atoms with Crippen molar-refractivity contribution in [2.24, 2.45) is 0 Å². The second kappa shape index (κ2) is 8.12. The van der Waals surface area contributed by atoms with E-state index in [2.05, 4.69) is 4.98 Å². The maximum absolute atomic E-state index is 12.1. The van der Waals surface area contributed by atoms with E-state index in [1.54, 1.807) is 12.2 Å². The van der Waals surface area contributed by atoms with Gasteiger partial charge in [-0.15, -0.1) is 0 Å². The van der Waals surface area contributed by atoms with Crippen LogP contribution in [0.15, 0.2) is 17.2 Å². The van der Waals surface area contributed by atoms with E-state index >= 15 is 0 Å². The molecule has 9 nitrogen and oxygen atoms in total. The average molecular weight is 381 g/mol. The summed E-state index contributed by atoms with van der Waals surface area (Å²) in [6.45, 7) is 0.255. The van der Waals surface area contributed by atoms with Gasteiger partial charge in [0.05, 0.1) is 13.2 Å². The fourth-order valence-electron chi connectivity index (χ4n) is 2.45. The first-order valence-electron chi connectivity index (χ1n) is 7.61. The summed E-state index contributed by atoms with van der Waals surface area (Å²) in [6, 6.07) is 0. The molecule has 0 spiro atoms. The van der Waals surface area contributed by atoms with Crippen molar-refractivity contribution in [3.8, 4) is 0 Å². The van der Waals surface area contributed by atoms with Crippen molar-refractivity contribution >= 4 is 5.91 Å². The first-order chi connectivity index (χ1) is 12.1. The molecule has 146 valence electrons. The van der Waals surface area contributed by atoms with Crippen LogP contribution < -0.4 is 11.0 Å². The molecule has 1 fully saturated rings. The molecule has 2 heterocycles. The van der Waals surface area contributed by atoms with E-state index in [0.29, 0.717) is 5.56 Å². The van der Waals surface area contributed by atoms with Gasteiger partial charge in [-0.25, -0.2) is 9.78 Å². The first-order valence-corrected chi connectivity index (χ1v) is 7.61. The van der Waals surface area contributed by atoms with Crippen molar-refractivity contribution in [1.82, 2.24) is 14.9 Å². The Hall–Kier alpha value is -2.02. The molecule has 26 heavy (non-hydrogen) atoms. The second-order valence-electron chi connectivity index (χ2n) is 5.65. The highest BCUT2D eigenvalue weighted by Gasteiger charge is 2.46. The van der Waals surface area contributed by atoms with Crippen LogP contribution in [0.4, 0.5) is 13.2 Å². The molecule has 0 radical (unpaired) electrons. The molecular weight excluding hydrogens is 363 g/mol. The third-order valence-corrected chi connectivity index (χ3v) is 3.66. The topological polar surface area (TPSA) is 123 Å². The minimum atomic E-state index is -5.01. The van der Waals surface area contributed by atoms with E-state index in [0.717, 1.165) is 4.57 Å². The van der Waals surface area contributed by atoms with Gasteiger partial charge in [0.25, 0.3) is 0 Å². The predicted octanol–water partition coefficient (Wildman–Crippen LogP) is -1.13. The maximum Gasteiger partial charge on any atom is 0.471 e. The molecule has 0 bridgehead atoms.